The second-order valence-corrected chi connectivity index (χ2v) is 5.31. The van der Waals surface area contributed by atoms with Gasteiger partial charge in [-0.05, 0) is 42.9 Å². The Hall–Kier alpha value is -0.730. The van der Waals surface area contributed by atoms with Crippen LogP contribution in [0, 0.1) is 11.8 Å². The molecule has 1 aliphatic carbocycles. The van der Waals surface area contributed by atoms with Gasteiger partial charge in [0.25, 0.3) is 0 Å². The molecule has 0 saturated heterocycles. The van der Waals surface area contributed by atoms with Crippen molar-refractivity contribution in [3.63, 3.8) is 0 Å². The molecule has 2 atom stereocenters. The topological polar surface area (TPSA) is 32.3 Å². The summed E-state index contributed by atoms with van der Waals surface area (Å²) in [5, 5.41) is 13.5. The molecule has 3 heteroatoms. The van der Waals surface area contributed by atoms with Gasteiger partial charge in [-0.3, -0.25) is 0 Å². The van der Waals surface area contributed by atoms with Crippen molar-refractivity contribution in [3.05, 3.63) is 29.3 Å². The Bertz CT molecular complexity index is 356. The molecule has 0 spiro atoms. The first-order valence-electron chi connectivity index (χ1n) is 6.40. The van der Waals surface area contributed by atoms with E-state index in [9.17, 15) is 5.11 Å². The molecule has 1 aromatic rings. The summed E-state index contributed by atoms with van der Waals surface area (Å²) >= 11 is 5.94. The molecule has 17 heavy (non-hydrogen) atoms. The Labute approximate surface area is 108 Å². The van der Waals surface area contributed by atoms with Crippen LogP contribution < -0.4 is 5.32 Å². The molecule has 0 aromatic heterocycles. The van der Waals surface area contributed by atoms with E-state index in [0.717, 1.165) is 17.3 Å². The first-order chi connectivity index (χ1) is 8.29. The van der Waals surface area contributed by atoms with Crippen LogP contribution in [-0.4, -0.2) is 18.3 Å². The van der Waals surface area contributed by atoms with E-state index in [1.165, 1.54) is 25.7 Å². The van der Waals surface area contributed by atoms with Gasteiger partial charge in [-0.1, -0.05) is 30.5 Å². The second kappa shape index (κ2) is 6.27. The van der Waals surface area contributed by atoms with Gasteiger partial charge in [-0.2, -0.15) is 0 Å². The standard InChI is InChI=1S/C14H20ClNO/c15-13-6-3-7-14(8-13)16-9-11-4-1-2-5-12(11)10-17/h3,6-8,11-12,16-17H,1-2,4-5,9-10H2. The third-order valence-corrected chi connectivity index (χ3v) is 3.93. The van der Waals surface area contributed by atoms with Crippen molar-refractivity contribution in [2.45, 2.75) is 25.7 Å². The van der Waals surface area contributed by atoms with Crippen LogP contribution in [0.4, 0.5) is 5.69 Å². The van der Waals surface area contributed by atoms with Crippen molar-refractivity contribution in [1.82, 2.24) is 0 Å². The van der Waals surface area contributed by atoms with E-state index in [1.807, 2.05) is 24.3 Å². The molecule has 1 saturated carbocycles. The molecule has 1 aliphatic rings. The minimum absolute atomic E-state index is 0.321. The Morgan fingerprint density at radius 1 is 1.24 bits per heavy atom. The van der Waals surface area contributed by atoms with Gasteiger partial charge < -0.3 is 10.4 Å². The molecule has 1 aromatic carbocycles. The van der Waals surface area contributed by atoms with E-state index >= 15 is 0 Å². The highest BCUT2D eigenvalue weighted by atomic mass is 35.5. The highest BCUT2D eigenvalue weighted by molar-refractivity contribution is 6.30. The Kier molecular flexibility index (Phi) is 4.69. The highest BCUT2D eigenvalue weighted by Crippen LogP contribution is 2.30. The van der Waals surface area contributed by atoms with Gasteiger partial charge in [0, 0.05) is 23.9 Å². The highest BCUT2D eigenvalue weighted by Gasteiger charge is 2.23. The van der Waals surface area contributed by atoms with Crippen molar-refractivity contribution in [1.29, 1.82) is 0 Å². The fraction of sp³-hybridized carbons (Fsp3) is 0.571. The van der Waals surface area contributed by atoms with Crippen molar-refractivity contribution >= 4 is 17.3 Å². The van der Waals surface area contributed by atoms with Gasteiger partial charge in [-0.15, -0.1) is 0 Å². The summed E-state index contributed by atoms with van der Waals surface area (Å²) in [7, 11) is 0. The molecular formula is C14H20ClNO. The third-order valence-electron chi connectivity index (χ3n) is 3.69. The van der Waals surface area contributed by atoms with Crippen molar-refractivity contribution in [3.8, 4) is 0 Å². The Morgan fingerprint density at radius 2 is 2.00 bits per heavy atom. The number of benzene rings is 1. The van der Waals surface area contributed by atoms with Crippen molar-refractivity contribution in [2.24, 2.45) is 11.8 Å². The van der Waals surface area contributed by atoms with E-state index < -0.39 is 0 Å². The van der Waals surface area contributed by atoms with Gasteiger partial charge in [0.15, 0.2) is 0 Å². The van der Waals surface area contributed by atoms with Crippen LogP contribution in [0.5, 0.6) is 0 Å². The number of hydrogen-bond donors (Lipinski definition) is 2. The quantitative estimate of drug-likeness (QED) is 0.860. The van der Waals surface area contributed by atoms with Crippen LogP contribution in [0.25, 0.3) is 0 Å². The maximum atomic E-state index is 9.35. The summed E-state index contributed by atoms with van der Waals surface area (Å²) in [6.45, 7) is 1.26. The smallest absolute Gasteiger partial charge is 0.0462 e. The number of aliphatic hydroxyl groups is 1. The zero-order chi connectivity index (χ0) is 12.1. The van der Waals surface area contributed by atoms with E-state index in [-0.39, 0.29) is 0 Å². The molecule has 0 aliphatic heterocycles. The summed E-state index contributed by atoms with van der Waals surface area (Å²) in [5.41, 5.74) is 1.07. The molecule has 94 valence electrons. The molecule has 0 heterocycles. The van der Waals surface area contributed by atoms with Gasteiger partial charge >= 0.3 is 0 Å². The van der Waals surface area contributed by atoms with Crippen LogP contribution in [0.2, 0.25) is 5.02 Å². The largest absolute Gasteiger partial charge is 0.396 e. The lowest BCUT2D eigenvalue weighted by Crippen LogP contribution is -2.28. The first-order valence-corrected chi connectivity index (χ1v) is 6.77. The molecular weight excluding hydrogens is 234 g/mol. The van der Waals surface area contributed by atoms with Crippen LogP contribution in [0.15, 0.2) is 24.3 Å². The first kappa shape index (κ1) is 12.7. The summed E-state index contributed by atoms with van der Waals surface area (Å²) in [4.78, 5) is 0. The van der Waals surface area contributed by atoms with Crippen LogP contribution in [-0.2, 0) is 0 Å². The molecule has 2 nitrogen and oxygen atoms in total. The number of aliphatic hydroxyl groups excluding tert-OH is 1. The monoisotopic (exact) mass is 253 g/mol. The van der Waals surface area contributed by atoms with Crippen LogP contribution in [0.1, 0.15) is 25.7 Å². The lowest BCUT2D eigenvalue weighted by molar-refractivity contribution is 0.141. The number of rotatable bonds is 4. The molecule has 2 rings (SSSR count). The average molecular weight is 254 g/mol. The van der Waals surface area contributed by atoms with Crippen LogP contribution >= 0.6 is 11.6 Å². The SMILES string of the molecule is OCC1CCCCC1CNc1cccc(Cl)c1. The Balaban J connectivity index is 1.88. The van der Waals surface area contributed by atoms with E-state index in [1.54, 1.807) is 0 Å². The molecule has 0 radical (unpaired) electrons. The van der Waals surface area contributed by atoms with Gasteiger partial charge in [0.2, 0.25) is 0 Å². The summed E-state index contributed by atoms with van der Waals surface area (Å²) < 4.78 is 0. The summed E-state index contributed by atoms with van der Waals surface area (Å²) in [6, 6.07) is 7.81. The fourth-order valence-electron chi connectivity index (χ4n) is 2.64. The maximum absolute atomic E-state index is 9.35. The Morgan fingerprint density at radius 3 is 2.71 bits per heavy atom. The summed E-state index contributed by atoms with van der Waals surface area (Å²) in [6.07, 6.45) is 4.94. The molecule has 0 amide bonds. The number of hydrogen-bond acceptors (Lipinski definition) is 2. The van der Waals surface area contributed by atoms with Crippen LogP contribution in [0.3, 0.4) is 0 Å². The number of nitrogens with one attached hydrogen (secondary N) is 1. The second-order valence-electron chi connectivity index (χ2n) is 4.88. The van der Waals surface area contributed by atoms with E-state index in [0.29, 0.717) is 18.4 Å². The van der Waals surface area contributed by atoms with Gasteiger partial charge in [-0.25, -0.2) is 0 Å². The predicted molar refractivity (Wildman–Crippen MR) is 72.5 cm³/mol. The van der Waals surface area contributed by atoms with Crippen molar-refractivity contribution < 1.29 is 5.11 Å². The fourth-order valence-corrected chi connectivity index (χ4v) is 2.83. The predicted octanol–water partition coefficient (Wildman–Crippen LogP) is 3.55. The van der Waals surface area contributed by atoms with Gasteiger partial charge in [0.05, 0.1) is 0 Å². The van der Waals surface area contributed by atoms with Crippen molar-refractivity contribution in [2.75, 3.05) is 18.5 Å². The molecule has 2 unspecified atom stereocenters. The van der Waals surface area contributed by atoms with Gasteiger partial charge in [0.1, 0.15) is 0 Å². The minimum atomic E-state index is 0.321. The third kappa shape index (κ3) is 3.62. The average Bonchev–Trinajstić information content (AvgIpc) is 2.37. The minimum Gasteiger partial charge on any atom is -0.396 e. The molecule has 1 fully saturated rings. The maximum Gasteiger partial charge on any atom is 0.0462 e. The van der Waals surface area contributed by atoms with E-state index in [2.05, 4.69) is 5.32 Å². The lowest BCUT2D eigenvalue weighted by Gasteiger charge is -2.30. The normalized spacial score (nSPS) is 24.6. The molecule has 2 N–H and O–H groups in total. The van der Waals surface area contributed by atoms with E-state index in [4.69, 9.17) is 11.6 Å². The molecule has 0 bridgehead atoms. The number of halogens is 1. The zero-order valence-electron chi connectivity index (χ0n) is 10.0. The summed E-state index contributed by atoms with van der Waals surface area (Å²) in [5.74, 6) is 1.06. The number of anilines is 1. The lowest BCUT2D eigenvalue weighted by atomic mass is 9.79. The zero-order valence-corrected chi connectivity index (χ0v) is 10.8.